The molecule has 1 heterocycles. The van der Waals surface area contributed by atoms with Crippen molar-refractivity contribution in [3.63, 3.8) is 0 Å². The Balaban J connectivity index is 2.08. The van der Waals surface area contributed by atoms with Crippen LogP contribution in [0.4, 0.5) is 0 Å². The Morgan fingerprint density at radius 1 is 1.47 bits per heavy atom. The lowest BCUT2D eigenvalue weighted by Crippen LogP contribution is -2.44. The molecule has 106 valence electrons. The minimum absolute atomic E-state index is 0.107. The van der Waals surface area contributed by atoms with Crippen molar-refractivity contribution in [1.29, 1.82) is 0 Å². The van der Waals surface area contributed by atoms with E-state index in [0.717, 1.165) is 38.6 Å². The van der Waals surface area contributed by atoms with Crippen molar-refractivity contribution in [2.75, 3.05) is 6.54 Å². The van der Waals surface area contributed by atoms with Crippen molar-refractivity contribution >= 4 is 5.91 Å². The molecular formula is C14H24N4O. The van der Waals surface area contributed by atoms with Crippen LogP contribution in [0.1, 0.15) is 49.4 Å². The molecule has 5 heteroatoms. The number of nitrogens with zero attached hydrogens (tertiary/aromatic N) is 3. The number of aryl methyl sites for hydroxylation is 1. The molecule has 0 radical (unpaired) electrons. The third kappa shape index (κ3) is 3.35. The molecule has 0 aliphatic heterocycles. The Hall–Kier alpha value is -1.36. The van der Waals surface area contributed by atoms with Gasteiger partial charge in [-0.25, -0.2) is 0 Å². The van der Waals surface area contributed by atoms with E-state index in [2.05, 4.69) is 12.0 Å². The van der Waals surface area contributed by atoms with E-state index in [9.17, 15) is 4.79 Å². The SMILES string of the molecule is CCCN(C(=O)c1cnn(C)c1)C1CCC(N)CC1. The molecular weight excluding hydrogens is 240 g/mol. The molecule has 0 atom stereocenters. The molecule has 0 unspecified atom stereocenters. The number of amides is 1. The van der Waals surface area contributed by atoms with Crippen LogP contribution in [0.25, 0.3) is 0 Å². The van der Waals surface area contributed by atoms with Crippen molar-refractivity contribution in [2.45, 2.75) is 51.1 Å². The van der Waals surface area contributed by atoms with Gasteiger partial charge in [-0.3, -0.25) is 9.48 Å². The number of hydrogen-bond donors (Lipinski definition) is 1. The Kier molecular flexibility index (Phi) is 4.58. The molecule has 0 aromatic carbocycles. The van der Waals surface area contributed by atoms with Crippen LogP contribution in [-0.4, -0.2) is 39.2 Å². The summed E-state index contributed by atoms with van der Waals surface area (Å²) in [4.78, 5) is 14.6. The number of carbonyl (C=O) groups is 1. The average Bonchev–Trinajstić information content (AvgIpc) is 2.83. The standard InChI is InChI=1S/C14H24N4O/c1-3-8-18(13-6-4-12(15)5-7-13)14(19)11-9-16-17(2)10-11/h9-10,12-13H,3-8,15H2,1-2H3. The zero-order chi connectivity index (χ0) is 13.8. The van der Waals surface area contributed by atoms with Crippen molar-refractivity contribution in [3.8, 4) is 0 Å². The summed E-state index contributed by atoms with van der Waals surface area (Å²) >= 11 is 0. The lowest BCUT2D eigenvalue weighted by Gasteiger charge is -2.35. The van der Waals surface area contributed by atoms with Gasteiger partial charge in [0.05, 0.1) is 11.8 Å². The summed E-state index contributed by atoms with van der Waals surface area (Å²) in [7, 11) is 1.83. The van der Waals surface area contributed by atoms with E-state index in [-0.39, 0.29) is 5.91 Å². The first-order chi connectivity index (χ1) is 9.11. The van der Waals surface area contributed by atoms with Gasteiger partial charge in [0.1, 0.15) is 0 Å². The van der Waals surface area contributed by atoms with Gasteiger partial charge >= 0.3 is 0 Å². The van der Waals surface area contributed by atoms with Crippen LogP contribution < -0.4 is 5.73 Å². The van der Waals surface area contributed by atoms with Gasteiger partial charge in [0.15, 0.2) is 0 Å². The van der Waals surface area contributed by atoms with Crippen LogP contribution >= 0.6 is 0 Å². The van der Waals surface area contributed by atoms with Gasteiger partial charge in [-0.05, 0) is 32.1 Å². The fourth-order valence-corrected chi connectivity index (χ4v) is 2.80. The smallest absolute Gasteiger partial charge is 0.257 e. The highest BCUT2D eigenvalue weighted by Gasteiger charge is 2.28. The van der Waals surface area contributed by atoms with Crippen LogP contribution in [0.2, 0.25) is 0 Å². The third-order valence-corrected chi connectivity index (χ3v) is 3.86. The fourth-order valence-electron chi connectivity index (χ4n) is 2.80. The monoisotopic (exact) mass is 264 g/mol. The quantitative estimate of drug-likeness (QED) is 0.897. The maximum atomic E-state index is 12.6. The van der Waals surface area contributed by atoms with Crippen molar-refractivity contribution in [2.24, 2.45) is 12.8 Å². The van der Waals surface area contributed by atoms with Gasteiger partial charge in [-0.1, -0.05) is 6.92 Å². The zero-order valence-electron chi connectivity index (χ0n) is 11.9. The summed E-state index contributed by atoms with van der Waals surface area (Å²) < 4.78 is 1.67. The van der Waals surface area contributed by atoms with E-state index >= 15 is 0 Å². The molecule has 1 aromatic heterocycles. The first-order valence-electron chi connectivity index (χ1n) is 7.17. The van der Waals surface area contributed by atoms with Crippen LogP contribution in [0.5, 0.6) is 0 Å². The molecule has 1 fully saturated rings. The molecule has 1 aromatic rings. The van der Waals surface area contributed by atoms with E-state index in [4.69, 9.17) is 5.73 Å². The maximum Gasteiger partial charge on any atom is 0.257 e. The largest absolute Gasteiger partial charge is 0.336 e. The lowest BCUT2D eigenvalue weighted by atomic mass is 9.90. The summed E-state index contributed by atoms with van der Waals surface area (Å²) in [6.07, 6.45) is 8.50. The topological polar surface area (TPSA) is 64.2 Å². The summed E-state index contributed by atoms with van der Waals surface area (Å²) in [6.45, 7) is 2.92. The van der Waals surface area contributed by atoms with Gasteiger partial charge in [0.25, 0.3) is 5.91 Å². The maximum absolute atomic E-state index is 12.6. The van der Waals surface area contributed by atoms with Gasteiger partial charge in [-0.15, -0.1) is 0 Å². The molecule has 5 nitrogen and oxygen atoms in total. The van der Waals surface area contributed by atoms with Gasteiger partial charge in [-0.2, -0.15) is 5.10 Å². The fraction of sp³-hybridized carbons (Fsp3) is 0.714. The van der Waals surface area contributed by atoms with Crippen LogP contribution in [-0.2, 0) is 7.05 Å². The summed E-state index contributed by atoms with van der Waals surface area (Å²) in [5, 5.41) is 4.09. The minimum atomic E-state index is 0.107. The predicted molar refractivity (Wildman–Crippen MR) is 74.8 cm³/mol. The third-order valence-electron chi connectivity index (χ3n) is 3.86. The van der Waals surface area contributed by atoms with Gasteiger partial charge < -0.3 is 10.6 Å². The highest BCUT2D eigenvalue weighted by Crippen LogP contribution is 2.23. The highest BCUT2D eigenvalue weighted by molar-refractivity contribution is 5.94. The number of carbonyl (C=O) groups excluding carboxylic acids is 1. The Morgan fingerprint density at radius 3 is 2.68 bits per heavy atom. The molecule has 1 aliphatic rings. The van der Waals surface area contributed by atoms with Crippen LogP contribution in [0.3, 0.4) is 0 Å². The number of aromatic nitrogens is 2. The summed E-state index contributed by atoms with van der Waals surface area (Å²) in [5.41, 5.74) is 6.63. The first-order valence-corrected chi connectivity index (χ1v) is 7.17. The van der Waals surface area contributed by atoms with E-state index in [1.807, 2.05) is 11.9 Å². The molecule has 1 aliphatic carbocycles. The van der Waals surface area contributed by atoms with Crippen molar-refractivity contribution in [1.82, 2.24) is 14.7 Å². The first kappa shape index (κ1) is 14.1. The molecule has 1 amide bonds. The zero-order valence-corrected chi connectivity index (χ0v) is 11.9. The second-order valence-electron chi connectivity index (χ2n) is 5.47. The summed E-state index contributed by atoms with van der Waals surface area (Å²) in [6, 6.07) is 0.653. The molecule has 0 spiro atoms. The van der Waals surface area contributed by atoms with E-state index in [1.54, 1.807) is 17.1 Å². The molecule has 0 saturated heterocycles. The van der Waals surface area contributed by atoms with Crippen LogP contribution in [0.15, 0.2) is 12.4 Å². The normalized spacial score (nSPS) is 23.3. The lowest BCUT2D eigenvalue weighted by molar-refractivity contribution is 0.0626. The minimum Gasteiger partial charge on any atom is -0.336 e. The van der Waals surface area contributed by atoms with Gasteiger partial charge in [0, 0.05) is 31.9 Å². The average molecular weight is 264 g/mol. The molecule has 2 rings (SSSR count). The van der Waals surface area contributed by atoms with E-state index in [0.29, 0.717) is 17.6 Å². The number of nitrogens with two attached hydrogens (primary N) is 1. The molecule has 2 N–H and O–H groups in total. The van der Waals surface area contributed by atoms with Crippen LogP contribution in [0, 0.1) is 0 Å². The van der Waals surface area contributed by atoms with E-state index in [1.165, 1.54) is 0 Å². The number of rotatable bonds is 4. The summed E-state index contributed by atoms with van der Waals surface area (Å²) in [5.74, 6) is 0.107. The molecule has 19 heavy (non-hydrogen) atoms. The number of hydrogen-bond acceptors (Lipinski definition) is 3. The predicted octanol–water partition coefficient (Wildman–Crippen LogP) is 1.54. The Morgan fingerprint density at radius 2 is 2.16 bits per heavy atom. The Bertz CT molecular complexity index is 421. The van der Waals surface area contributed by atoms with E-state index < -0.39 is 0 Å². The Labute approximate surface area is 114 Å². The van der Waals surface area contributed by atoms with Crippen molar-refractivity contribution in [3.05, 3.63) is 18.0 Å². The van der Waals surface area contributed by atoms with Crippen molar-refractivity contribution < 1.29 is 4.79 Å². The second kappa shape index (κ2) is 6.19. The van der Waals surface area contributed by atoms with Gasteiger partial charge in [0.2, 0.25) is 0 Å². The second-order valence-corrected chi connectivity index (χ2v) is 5.47. The molecule has 1 saturated carbocycles. The molecule has 0 bridgehead atoms. The highest BCUT2D eigenvalue weighted by atomic mass is 16.2.